The number of urea groups is 1. The van der Waals surface area contributed by atoms with E-state index in [4.69, 9.17) is 0 Å². The van der Waals surface area contributed by atoms with Gasteiger partial charge in [-0.1, -0.05) is 0 Å². The van der Waals surface area contributed by atoms with Crippen molar-refractivity contribution in [3.8, 4) is 0 Å². The maximum absolute atomic E-state index is 12.5. The molecule has 1 aliphatic heterocycles. The van der Waals surface area contributed by atoms with E-state index in [1.54, 1.807) is 0 Å². The zero-order chi connectivity index (χ0) is 18.2. The Hall–Kier alpha value is -1.78. The molecule has 2 amide bonds. The van der Waals surface area contributed by atoms with Gasteiger partial charge in [-0.15, -0.1) is 0 Å². The van der Waals surface area contributed by atoms with Crippen LogP contribution in [0.25, 0.3) is 0 Å². The first kappa shape index (κ1) is 17.3. The summed E-state index contributed by atoms with van der Waals surface area (Å²) in [6.07, 6.45) is 12.5. The Morgan fingerprint density at radius 2 is 1.74 bits per heavy atom. The van der Waals surface area contributed by atoms with E-state index in [1.807, 2.05) is 12.3 Å². The minimum Gasteiger partial charge on any atom is -0.357 e. The first-order chi connectivity index (χ1) is 13.2. The number of aromatic nitrogens is 1. The van der Waals surface area contributed by atoms with Crippen LogP contribution in [0.5, 0.6) is 0 Å². The van der Waals surface area contributed by atoms with Crippen LogP contribution < -0.4 is 15.5 Å². The fraction of sp³-hybridized carbons (Fsp3) is 0.727. The van der Waals surface area contributed by atoms with Gasteiger partial charge in [0.1, 0.15) is 5.82 Å². The molecule has 0 radical (unpaired) electrons. The lowest BCUT2D eigenvalue weighted by molar-refractivity contribution is -0.00942. The standard InChI is InChI=1S/C22H32N4O/c27-22(25-21-18-9-16-8-17(11-18)12-19(21)10-16)24-14-15-4-5-23-20(13-15)26-6-2-1-3-7-26/h4-5,13,16-19,21H,1-3,6-12,14H2,(H2,24,25,27). The molecule has 1 aromatic heterocycles. The number of nitrogens with zero attached hydrogens (tertiary/aromatic N) is 2. The number of hydrogen-bond acceptors (Lipinski definition) is 3. The maximum atomic E-state index is 12.5. The fourth-order valence-electron chi connectivity index (χ4n) is 6.41. The van der Waals surface area contributed by atoms with E-state index in [9.17, 15) is 4.79 Å². The first-order valence-corrected chi connectivity index (χ1v) is 11.0. The molecule has 0 spiro atoms. The summed E-state index contributed by atoms with van der Waals surface area (Å²) in [5.74, 6) is 4.38. The van der Waals surface area contributed by atoms with Gasteiger partial charge in [0.15, 0.2) is 0 Å². The van der Waals surface area contributed by atoms with Gasteiger partial charge in [0.2, 0.25) is 0 Å². The molecule has 4 bridgehead atoms. The first-order valence-electron chi connectivity index (χ1n) is 11.0. The van der Waals surface area contributed by atoms with Crippen molar-refractivity contribution in [1.82, 2.24) is 15.6 Å². The predicted molar refractivity (Wildman–Crippen MR) is 107 cm³/mol. The molecule has 5 heteroatoms. The van der Waals surface area contributed by atoms with Crippen molar-refractivity contribution in [3.63, 3.8) is 0 Å². The van der Waals surface area contributed by atoms with Gasteiger partial charge in [-0.25, -0.2) is 9.78 Å². The Morgan fingerprint density at radius 1 is 1.04 bits per heavy atom. The van der Waals surface area contributed by atoms with E-state index in [-0.39, 0.29) is 6.03 Å². The van der Waals surface area contributed by atoms with Crippen LogP contribution in [-0.2, 0) is 6.54 Å². The maximum Gasteiger partial charge on any atom is 0.315 e. The van der Waals surface area contributed by atoms with E-state index in [0.29, 0.717) is 12.6 Å². The highest BCUT2D eigenvalue weighted by Gasteiger charge is 2.48. The lowest BCUT2D eigenvalue weighted by Gasteiger charge is -2.54. The lowest BCUT2D eigenvalue weighted by atomic mass is 9.54. The molecule has 4 aliphatic carbocycles. The predicted octanol–water partition coefficient (Wildman–Crippen LogP) is 3.70. The summed E-state index contributed by atoms with van der Waals surface area (Å²) < 4.78 is 0. The molecule has 0 atom stereocenters. The van der Waals surface area contributed by atoms with Crippen LogP contribution in [0, 0.1) is 23.7 Å². The van der Waals surface area contributed by atoms with Crippen molar-refractivity contribution in [3.05, 3.63) is 23.9 Å². The summed E-state index contributed by atoms with van der Waals surface area (Å²) in [7, 11) is 0. The summed E-state index contributed by atoms with van der Waals surface area (Å²) >= 11 is 0. The van der Waals surface area contributed by atoms with Crippen LogP contribution in [0.4, 0.5) is 10.6 Å². The molecule has 2 heterocycles. The van der Waals surface area contributed by atoms with E-state index >= 15 is 0 Å². The molecule has 5 fully saturated rings. The highest BCUT2D eigenvalue weighted by atomic mass is 16.2. The van der Waals surface area contributed by atoms with Gasteiger partial charge in [-0.2, -0.15) is 0 Å². The third-order valence-corrected chi connectivity index (χ3v) is 7.47. The normalized spacial score (nSPS) is 34.5. The number of carbonyl (C=O) groups excluding carboxylic acids is 1. The Morgan fingerprint density at radius 3 is 2.44 bits per heavy atom. The lowest BCUT2D eigenvalue weighted by Crippen LogP contribution is -2.57. The molecule has 27 heavy (non-hydrogen) atoms. The number of amides is 2. The van der Waals surface area contributed by atoms with E-state index in [2.05, 4.69) is 26.6 Å². The summed E-state index contributed by atoms with van der Waals surface area (Å²) in [6, 6.07) is 4.55. The van der Waals surface area contributed by atoms with Gasteiger partial charge < -0.3 is 15.5 Å². The van der Waals surface area contributed by atoms with Gasteiger partial charge in [0.25, 0.3) is 0 Å². The van der Waals surface area contributed by atoms with E-state index in [1.165, 1.54) is 51.4 Å². The van der Waals surface area contributed by atoms with Gasteiger partial charge in [0, 0.05) is 31.9 Å². The Labute approximate surface area is 162 Å². The Bertz CT molecular complexity index is 657. The summed E-state index contributed by atoms with van der Waals surface area (Å²) in [5.41, 5.74) is 1.13. The van der Waals surface area contributed by atoms with E-state index in [0.717, 1.165) is 48.1 Å². The monoisotopic (exact) mass is 368 g/mol. The molecule has 1 aromatic rings. The average molecular weight is 369 g/mol. The number of anilines is 1. The highest BCUT2D eigenvalue weighted by molar-refractivity contribution is 5.74. The molecule has 0 aromatic carbocycles. The smallest absolute Gasteiger partial charge is 0.315 e. The SMILES string of the molecule is O=C(NCc1ccnc(N2CCCCC2)c1)NC1C2CC3CC(C2)CC1C3. The summed E-state index contributed by atoms with van der Waals surface area (Å²) in [5, 5.41) is 6.43. The number of pyridine rings is 1. The van der Waals surface area contributed by atoms with Crippen LogP contribution in [0.2, 0.25) is 0 Å². The Kier molecular flexibility index (Phi) is 4.70. The zero-order valence-electron chi connectivity index (χ0n) is 16.2. The van der Waals surface area contributed by atoms with Crippen molar-refractivity contribution in [2.45, 2.75) is 64.0 Å². The Balaban J connectivity index is 1.15. The highest BCUT2D eigenvalue weighted by Crippen LogP contribution is 2.53. The molecular formula is C22H32N4O. The van der Waals surface area contributed by atoms with Crippen LogP contribution >= 0.6 is 0 Å². The van der Waals surface area contributed by atoms with Gasteiger partial charge >= 0.3 is 6.03 Å². The van der Waals surface area contributed by atoms with Crippen molar-refractivity contribution in [2.24, 2.45) is 23.7 Å². The zero-order valence-corrected chi connectivity index (χ0v) is 16.2. The largest absolute Gasteiger partial charge is 0.357 e. The molecule has 0 unspecified atom stereocenters. The third-order valence-electron chi connectivity index (χ3n) is 7.47. The number of nitrogens with one attached hydrogen (secondary N) is 2. The molecule has 6 rings (SSSR count). The van der Waals surface area contributed by atoms with Crippen LogP contribution in [0.3, 0.4) is 0 Å². The molecule has 5 aliphatic rings. The fourth-order valence-corrected chi connectivity index (χ4v) is 6.41. The number of hydrogen-bond donors (Lipinski definition) is 2. The molecule has 5 nitrogen and oxygen atoms in total. The third kappa shape index (κ3) is 3.65. The molecule has 4 saturated carbocycles. The van der Waals surface area contributed by atoms with E-state index < -0.39 is 0 Å². The number of carbonyl (C=O) groups is 1. The topological polar surface area (TPSA) is 57.3 Å². The summed E-state index contributed by atoms with van der Waals surface area (Å²) in [6.45, 7) is 2.76. The average Bonchev–Trinajstić information content (AvgIpc) is 2.69. The van der Waals surface area contributed by atoms with Crippen molar-refractivity contribution in [2.75, 3.05) is 18.0 Å². The van der Waals surface area contributed by atoms with Crippen LogP contribution in [0.1, 0.15) is 56.9 Å². The molecule has 1 saturated heterocycles. The van der Waals surface area contributed by atoms with Gasteiger partial charge in [-0.3, -0.25) is 0 Å². The quantitative estimate of drug-likeness (QED) is 0.852. The summed E-state index contributed by atoms with van der Waals surface area (Å²) in [4.78, 5) is 19.4. The molecule has 2 N–H and O–H groups in total. The second-order valence-corrected chi connectivity index (χ2v) is 9.35. The van der Waals surface area contributed by atoms with Crippen LogP contribution in [0.15, 0.2) is 18.3 Å². The van der Waals surface area contributed by atoms with Gasteiger partial charge in [-0.05, 0) is 92.7 Å². The van der Waals surface area contributed by atoms with Gasteiger partial charge in [0.05, 0.1) is 0 Å². The molecular weight excluding hydrogens is 336 g/mol. The number of rotatable bonds is 4. The second-order valence-electron chi connectivity index (χ2n) is 9.35. The van der Waals surface area contributed by atoms with Crippen molar-refractivity contribution >= 4 is 11.8 Å². The van der Waals surface area contributed by atoms with Crippen LogP contribution in [-0.4, -0.2) is 30.1 Å². The minimum atomic E-state index is 0.00353. The van der Waals surface area contributed by atoms with Crippen molar-refractivity contribution in [1.29, 1.82) is 0 Å². The number of piperidine rings is 1. The van der Waals surface area contributed by atoms with Crippen molar-refractivity contribution < 1.29 is 4.79 Å². The minimum absolute atomic E-state index is 0.00353. The molecule has 146 valence electrons. The second kappa shape index (κ2) is 7.33.